The van der Waals surface area contributed by atoms with E-state index in [0.29, 0.717) is 0 Å². The van der Waals surface area contributed by atoms with Crippen LogP contribution < -0.4 is 5.73 Å². The number of alkyl halides is 2. The maximum atomic E-state index is 12.9. The first-order valence-electron chi connectivity index (χ1n) is 6.23. The third kappa shape index (κ3) is 2.53. The number of hydrogen-bond acceptors (Lipinski definition) is 4. The van der Waals surface area contributed by atoms with Gasteiger partial charge in [0.05, 0.1) is 18.6 Å². The lowest BCUT2D eigenvalue weighted by molar-refractivity contribution is -0.226. The van der Waals surface area contributed by atoms with Gasteiger partial charge in [-0.1, -0.05) is 0 Å². The molecule has 110 valence electrons. The summed E-state index contributed by atoms with van der Waals surface area (Å²) in [6.45, 7) is 5.07. The van der Waals surface area contributed by atoms with E-state index in [1.165, 1.54) is 4.90 Å². The molecule has 5 nitrogen and oxygen atoms in total. The highest BCUT2D eigenvalue weighted by molar-refractivity contribution is 5.70. The molecule has 1 aliphatic heterocycles. The molecule has 2 aliphatic rings. The van der Waals surface area contributed by atoms with Crippen molar-refractivity contribution in [2.45, 2.75) is 56.3 Å². The lowest BCUT2D eigenvalue weighted by Crippen LogP contribution is -2.82. The van der Waals surface area contributed by atoms with Crippen LogP contribution in [0.15, 0.2) is 0 Å². The Bertz CT molecular complexity index is 392. The van der Waals surface area contributed by atoms with Crippen LogP contribution in [0, 0.1) is 0 Å². The van der Waals surface area contributed by atoms with Crippen molar-refractivity contribution in [1.29, 1.82) is 0 Å². The quantitative estimate of drug-likeness (QED) is 0.753. The Morgan fingerprint density at radius 2 is 1.79 bits per heavy atom. The molecule has 1 heterocycles. The van der Waals surface area contributed by atoms with Crippen molar-refractivity contribution in [2.24, 2.45) is 5.73 Å². The minimum absolute atomic E-state index is 0.0610. The van der Waals surface area contributed by atoms with E-state index in [1.807, 2.05) is 0 Å². The fraction of sp³-hybridized carbons (Fsp3) is 0.917. The second-order valence-corrected chi connectivity index (χ2v) is 6.73. The molecule has 0 aromatic rings. The van der Waals surface area contributed by atoms with Crippen LogP contribution in [0.5, 0.6) is 0 Å². The number of likely N-dealkylation sites (tertiary alicyclic amines) is 1. The smallest absolute Gasteiger partial charge is 0.410 e. The highest BCUT2D eigenvalue weighted by atomic mass is 19.3. The van der Waals surface area contributed by atoms with Crippen molar-refractivity contribution in [3.05, 3.63) is 0 Å². The molecular formula is C12H20F2N2O3. The first-order chi connectivity index (χ1) is 8.36. The van der Waals surface area contributed by atoms with Crippen LogP contribution in [0.2, 0.25) is 0 Å². The summed E-state index contributed by atoms with van der Waals surface area (Å²) >= 11 is 0. The van der Waals surface area contributed by atoms with E-state index in [4.69, 9.17) is 10.5 Å². The summed E-state index contributed by atoms with van der Waals surface area (Å²) in [7, 11) is 0. The van der Waals surface area contributed by atoms with Crippen LogP contribution in [0.4, 0.5) is 13.6 Å². The average molecular weight is 278 g/mol. The number of rotatable bonds is 1. The summed E-state index contributed by atoms with van der Waals surface area (Å²) < 4.78 is 30.9. The fourth-order valence-corrected chi connectivity index (χ4v) is 2.56. The monoisotopic (exact) mass is 278 g/mol. The SMILES string of the molecule is CC(C)(C)OC(=O)N1CC(O)(C2(N)CC(F)(F)C2)C1. The Hall–Kier alpha value is -0.950. The van der Waals surface area contributed by atoms with Crippen molar-refractivity contribution < 1.29 is 23.4 Å². The van der Waals surface area contributed by atoms with Gasteiger partial charge in [0.1, 0.15) is 11.2 Å². The summed E-state index contributed by atoms with van der Waals surface area (Å²) in [5.41, 5.74) is 2.42. The van der Waals surface area contributed by atoms with Gasteiger partial charge in [-0.15, -0.1) is 0 Å². The number of carbonyl (C=O) groups excluding carboxylic acids is 1. The van der Waals surface area contributed by atoms with Gasteiger partial charge in [0.2, 0.25) is 0 Å². The van der Waals surface area contributed by atoms with Crippen molar-refractivity contribution in [1.82, 2.24) is 4.90 Å². The zero-order chi connectivity index (χ0) is 14.7. The molecule has 0 radical (unpaired) electrons. The van der Waals surface area contributed by atoms with E-state index in [9.17, 15) is 18.7 Å². The molecule has 0 unspecified atom stereocenters. The molecule has 0 bridgehead atoms. The van der Waals surface area contributed by atoms with E-state index < -0.39 is 41.6 Å². The second kappa shape index (κ2) is 3.79. The average Bonchev–Trinajstić information content (AvgIpc) is 2.05. The molecule has 19 heavy (non-hydrogen) atoms. The topological polar surface area (TPSA) is 75.8 Å². The summed E-state index contributed by atoms with van der Waals surface area (Å²) in [5.74, 6) is -2.81. The third-order valence-corrected chi connectivity index (χ3v) is 3.63. The standard InChI is InChI=1S/C12H20F2N2O3/c1-9(2,3)19-8(17)16-6-11(18,7-16)10(15)4-12(13,14)5-10/h18H,4-7,15H2,1-3H3. The fourth-order valence-electron chi connectivity index (χ4n) is 2.56. The molecule has 0 aromatic carbocycles. The minimum atomic E-state index is -2.81. The number of β-amino-alcohol motifs (C(OH)–C–C–N with tert-alkyl or cyclic N) is 1. The molecule has 0 atom stereocenters. The Morgan fingerprint density at radius 3 is 2.16 bits per heavy atom. The number of halogens is 2. The first kappa shape index (κ1) is 14.5. The molecule has 2 rings (SSSR count). The highest BCUT2D eigenvalue weighted by Crippen LogP contribution is 2.51. The van der Waals surface area contributed by atoms with Crippen molar-refractivity contribution in [3.8, 4) is 0 Å². The predicted molar refractivity (Wildman–Crippen MR) is 63.9 cm³/mol. The third-order valence-electron chi connectivity index (χ3n) is 3.63. The van der Waals surface area contributed by atoms with Gasteiger partial charge in [0.15, 0.2) is 0 Å². The zero-order valence-corrected chi connectivity index (χ0v) is 11.4. The lowest BCUT2D eigenvalue weighted by Gasteiger charge is -2.60. The van der Waals surface area contributed by atoms with E-state index in [0.717, 1.165) is 0 Å². The number of nitrogens with zero attached hydrogens (tertiary/aromatic N) is 1. The van der Waals surface area contributed by atoms with Gasteiger partial charge in [0, 0.05) is 12.8 Å². The van der Waals surface area contributed by atoms with E-state index >= 15 is 0 Å². The molecule has 1 saturated carbocycles. The minimum Gasteiger partial charge on any atom is -0.444 e. The Labute approximate surface area is 110 Å². The number of carbonyl (C=O) groups is 1. The number of ether oxygens (including phenoxy) is 1. The van der Waals surface area contributed by atoms with Crippen LogP contribution >= 0.6 is 0 Å². The molecule has 0 aromatic heterocycles. The van der Waals surface area contributed by atoms with Crippen LogP contribution in [0.25, 0.3) is 0 Å². The maximum absolute atomic E-state index is 12.9. The number of nitrogens with two attached hydrogens (primary N) is 1. The van der Waals surface area contributed by atoms with Gasteiger partial charge < -0.3 is 20.5 Å². The molecule has 7 heteroatoms. The Balaban J connectivity index is 1.90. The van der Waals surface area contributed by atoms with Crippen molar-refractivity contribution >= 4 is 6.09 Å². The zero-order valence-electron chi connectivity index (χ0n) is 11.4. The number of amides is 1. The second-order valence-electron chi connectivity index (χ2n) is 6.73. The molecule has 1 aliphatic carbocycles. The predicted octanol–water partition coefficient (Wildman–Crippen LogP) is 1.09. The molecular weight excluding hydrogens is 258 g/mol. The van der Waals surface area contributed by atoms with Crippen LogP contribution in [0.3, 0.4) is 0 Å². The van der Waals surface area contributed by atoms with Gasteiger partial charge in [-0.2, -0.15) is 0 Å². The Morgan fingerprint density at radius 1 is 1.32 bits per heavy atom. The number of aliphatic hydroxyl groups is 1. The van der Waals surface area contributed by atoms with Crippen LogP contribution in [-0.2, 0) is 4.74 Å². The van der Waals surface area contributed by atoms with Gasteiger partial charge >= 0.3 is 6.09 Å². The van der Waals surface area contributed by atoms with Gasteiger partial charge in [-0.25, -0.2) is 13.6 Å². The van der Waals surface area contributed by atoms with E-state index in [-0.39, 0.29) is 13.1 Å². The van der Waals surface area contributed by atoms with E-state index in [2.05, 4.69) is 0 Å². The first-order valence-corrected chi connectivity index (χ1v) is 6.23. The lowest BCUT2D eigenvalue weighted by atomic mass is 9.61. The summed E-state index contributed by atoms with van der Waals surface area (Å²) in [6, 6.07) is 0. The summed E-state index contributed by atoms with van der Waals surface area (Å²) in [4.78, 5) is 13.0. The molecule has 0 spiro atoms. The van der Waals surface area contributed by atoms with Crippen molar-refractivity contribution in [3.63, 3.8) is 0 Å². The van der Waals surface area contributed by atoms with Crippen LogP contribution in [0.1, 0.15) is 33.6 Å². The highest BCUT2D eigenvalue weighted by Gasteiger charge is 2.68. The molecule has 1 saturated heterocycles. The summed E-state index contributed by atoms with van der Waals surface area (Å²) in [6.07, 6.45) is -1.65. The summed E-state index contributed by atoms with van der Waals surface area (Å²) in [5, 5.41) is 10.2. The number of hydrogen-bond donors (Lipinski definition) is 2. The van der Waals surface area contributed by atoms with E-state index in [1.54, 1.807) is 20.8 Å². The molecule has 3 N–H and O–H groups in total. The van der Waals surface area contributed by atoms with Crippen molar-refractivity contribution in [2.75, 3.05) is 13.1 Å². The van der Waals surface area contributed by atoms with Gasteiger partial charge in [-0.3, -0.25) is 0 Å². The van der Waals surface area contributed by atoms with Crippen LogP contribution in [-0.4, -0.2) is 51.9 Å². The molecule has 2 fully saturated rings. The largest absolute Gasteiger partial charge is 0.444 e. The molecule has 1 amide bonds. The Kier molecular flexibility index (Phi) is 2.88. The normalized spacial score (nSPS) is 27.2. The van der Waals surface area contributed by atoms with Gasteiger partial charge in [0.25, 0.3) is 5.92 Å². The van der Waals surface area contributed by atoms with Gasteiger partial charge in [-0.05, 0) is 20.8 Å². The maximum Gasteiger partial charge on any atom is 0.410 e.